The van der Waals surface area contributed by atoms with Crippen molar-refractivity contribution in [3.63, 3.8) is 0 Å². The van der Waals surface area contributed by atoms with Crippen LogP contribution in [-0.4, -0.2) is 25.5 Å². The van der Waals surface area contributed by atoms with Crippen LogP contribution in [0.2, 0.25) is 0 Å². The van der Waals surface area contributed by atoms with Crippen LogP contribution in [0.1, 0.15) is 5.76 Å². The van der Waals surface area contributed by atoms with Crippen LogP contribution in [-0.2, 0) is 0 Å². The van der Waals surface area contributed by atoms with E-state index in [2.05, 4.69) is 5.16 Å². The summed E-state index contributed by atoms with van der Waals surface area (Å²) in [6.07, 6.45) is 1.24. The molecule has 11 heavy (non-hydrogen) atoms. The Bertz CT molecular complexity index is 253. The van der Waals surface area contributed by atoms with E-state index in [0.29, 0.717) is 5.76 Å². The molecule has 1 aromatic rings. The van der Waals surface area contributed by atoms with Crippen molar-refractivity contribution < 1.29 is 9.62 Å². The number of anilines is 1. The van der Waals surface area contributed by atoms with Gasteiger partial charge < -0.3 is 14.5 Å². The SMILES string of the molecule is CN(C)c1ccc(C=NO)o1. The summed E-state index contributed by atoms with van der Waals surface area (Å²) >= 11 is 0. The minimum Gasteiger partial charge on any atom is -0.439 e. The van der Waals surface area contributed by atoms with E-state index < -0.39 is 0 Å². The Morgan fingerprint density at radius 2 is 2.27 bits per heavy atom. The molecular formula is C7H10N2O2. The zero-order chi connectivity index (χ0) is 8.27. The number of hydrogen-bond donors (Lipinski definition) is 1. The fourth-order valence-corrected chi connectivity index (χ4v) is 0.709. The summed E-state index contributed by atoms with van der Waals surface area (Å²) in [5.74, 6) is 1.27. The Morgan fingerprint density at radius 1 is 1.55 bits per heavy atom. The van der Waals surface area contributed by atoms with E-state index in [4.69, 9.17) is 9.62 Å². The lowest BCUT2D eigenvalue weighted by Gasteiger charge is -2.05. The van der Waals surface area contributed by atoms with Gasteiger partial charge in [-0.25, -0.2) is 0 Å². The quantitative estimate of drug-likeness (QED) is 0.395. The van der Waals surface area contributed by atoms with E-state index in [9.17, 15) is 0 Å². The summed E-state index contributed by atoms with van der Waals surface area (Å²) in [6, 6.07) is 3.53. The zero-order valence-corrected chi connectivity index (χ0v) is 6.48. The molecule has 0 aliphatic rings. The summed E-state index contributed by atoms with van der Waals surface area (Å²) in [5, 5.41) is 11.0. The van der Waals surface area contributed by atoms with Gasteiger partial charge in [-0.1, -0.05) is 5.16 Å². The lowest BCUT2D eigenvalue weighted by atomic mass is 10.5. The van der Waals surface area contributed by atoms with Gasteiger partial charge in [0.05, 0.1) is 0 Å². The molecule has 1 rings (SSSR count). The van der Waals surface area contributed by atoms with Crippen molar-refractivity contribution in [2.75, 3.05) is 19.0 Å². The van der Waals surface area contributed by atoms with Crippen molar-refractivity contribution in [3.8, 4) is 0 Å². The van der Waals surface area contributed by atoms with Crippen LogP contribution in [0.5, 0.6) is 0 Å². The third-order valence-electron chi connectivity index (χ3n) is 1.24. The average Bonchev–Trinajstić information content (AvgIpc) is 2.37. The van der Waals surface area contributed by atoms with Gasteiger partial charge in [0.15, 0.2) is 11.6 Å². The second kappa shape index (κ2) is 3.09. The molecule has 0 fully saturated rings. The molecule has 60 valence electrons. The van der Waals surface area contributed by atoms with E-state index in [1.165, 1.54) is 6.21 Å². The minimum atomic E-state index is 0.538. The fourth-order valence-electron chi connectivity index (χ4n) is 0.709. The monoisotopic (exact) mass is 154 g/mol. The third kappa shape index (κ3) is 1.73. The summed E-state index contributed by atoms with van der Waals surface area (Å²) in [7, 11) is 3.75. The van der Waals surface area contributed by atoms with E-state index in [1.54, 1.807) is 12.1 Å². The van der Waals surface area contributed by atoms with Crippen molar-refractivity contribution in [2.45, 2.75) is 0 Å². The van der Waals surface area contributed by atoms with Crippen molar-refractivity contribution in [1.82, 2.24) is 0 Å². The molecule has 4 nitrogen and oxygen atoms in total. The Kier molecular flexibility index (Phi) is 2.15. The first-order valence-corrected chi connectivity index (χ1v) is 3.18. The highest BCUT2D eigenvalue weighted by Gasteiger charge is 1.99. The molecule has 0 saturated carbocycles. The van der Waals surface area contributed by atoms with Gasteiger partial charge in [0, 0.05) is 20.2 Å². The first-order chi connectivity index (χ1) is 5.24. The highest BCUT2D eigenvalue weighted by molar-refractivity contribution is 5.75. The highest BCUT2D eigenvalue weighted by atomic mass is 16.4. The molecule has 1 heterocycles. The van der Waals surface area contributed by atoms with Gasteiger partial charge in [0.2, 0.25) is 0 Å². The van der Waals surface area contributed by atoms with E-state index >= 15 is 0 Å². The Balaban J connectivity index is 2.81. The van der Waals surface area contributed by atoms with E-state index in [1.807, 2.05) is 19.0 Å². The number of hydrogen-bond acceptors (Lipinski definition) is 4. The van der Waals surface area contributed by atoms with Crippen LogP contribution in [0.25, 0.3) is 0 Å². The summed E-state index contributed by atoms with van der Waals surface area (Å²) in [5.41, 5.74) is 0. The third-order valence-corrected chi connectivity index (χ3v) is 1.24. The van der Waals surface area contributed by atoms with Crippen molar-refractivity contribution in [2.24, 2.45) is 5.16 Å². The molecule has 1 aromatic heterocycles. The van der Waals surface area contributed by atoms with Crippen LogP contribution in [0.4, 0.5) is 5.88 Å². The maximum Gasteiger partial charge on any atom is 0.195 e. The summed E-state index contributed by atoms with van der Waals surface area (Å²) in [6.45, 7) is 0. The van der Waals surface area contributed by atoms with Crippen LogP contribution in [0.15, 0.2) is 21.7 Å². The van der Waals surface area contributed by atoms with Crippen LogP contribution in [0, 0.1) is 0 Å². The minimum absolute atomic E-state index is 0.538. The van der Waals surface area contributed by atoms with E-state index in [0.717, 1.165) is 5.88 Å². The highest BCUT2D eigenvalue weighted by Crippen LogP contribution is 2.13. The van der Waals surface area contributed by atoms with Crippen molar-refractivity contribution in [1.29, 1.82) is 0 Å². The lowest BCUT2D eigenvalue weighted by molar-refractivity contribution is 0.320. The maximum atomic E-state index is 8.16. The molecule has 0 aliphatic heterocycles. The van der Waals surface area contributed by atoms with Gasteiger partial charge >= 0.3 is 0 Å². The van der Waals surface area contributed by atoms with Gasteiger partial charge in [0.25, 0.3) is 0 Å². The Labute approximate surface area is 64.7 Å². The van der Waals surface area contributed by atoms with Gasteiger partial charge in [-0.15, -0.1) is 0 Å². The molecule has 0 aromatic carbocycles. The Hall–Kier alpha value is -1.45. The van der Waals surface area contributed by atoms with Gasteiger partial charge in [-0.3, -0.25) is 0 Å². The normalized spacial score (nSPS) is 10.7. The second-order valence-corrected chi connectivity index (χ2v) is 2.31. The molecular weight excluding hydrogens is 144 g/mol. The standard InChI is InChI=1S/C7H10N2O2/c1-9(2)7-4-3-6(11-7)5-8-10/h3-5,10H,1-2H3. The molecule has 0 aliphatic carbocycles. The largest absolute Gasteiger partial charge is 0.439 e. The van der Waals surface area contributed by atoms with Crippen LogP contribution < -0.4 is 4.90 Å². The Morgan fingerprint density at radius 3 is 2.73 bits per heavy atom. The van der Waals surface area contributed by atoms with Crippen molar-refractivity contribution >= 4 is 12.1 Å². The molecule has 0 unspecified atom stereocenters. The van der Waals surface area contributed by atoms with Crippen LogP contribution in [0.3, 0.4) is 0 Å². The fraction of sp³-hybridized carbons (Fsp3) is 0.286. The molecule has 4 heteroatoms. The number of nitrogens with zero attached hydrogens (tertiary/aromatic N) is 2. The summed E-state index contributed by atoms with van der Waals surface area (Å²) in [4.78, 5) is 1.83. The topological polar surface area (TPSA) is 49.0 Å². The van der Waals surface area contributed by atoms with Crippen LogP contribution >= 0.6 is 0 Å². The first-order valence-electron chi connectivity index (χ1n) is 3.18. The first kappa shape index (κ1) is 7.65. The van der Waals surface area contributed by atoms with E-state index in [-0.39, 0.29) is 0 Å². The zero-order valence-electron chi connectivity index (χ0n) is 6.48. The van der Waals surface area contributed by atoms with Gasteiger partial charge in [-0.05, 0) is 6.07 Å². The molecule has 1 N–H and O–H groups in total. The van der Waals surface area contributed by atoms with Crippen molar-refractivity contribution in [3.05, 3.63) is 17.9 Å². The molecule has 0 spiro atoms. The second-order valence-electron chi connectivity index (χ2n) is 2.31. The average molecular weight is 154 g/mol. The molecule has 0 amide bonds. The van der Waals surface area contributed by atoms with Gasteiger partial charge in [0.1, 0.15) is 6.21 Å². The van der Waals surface area contributed by atoms with Gasteiger partial charge in [-0.2, -0.15) is 0 Å². The maximum absolute atomic E-state index is 8.16. The number of rotatable bonds is 2. The molecule has 0 atom stereocenters. The predicted octanol–water partition coefficient (Wildman–Crippen LogP) is 1.15. The summed E-state index contributed by atoms with van der Waals surface area (Å²) < 4.78 is 5.20. The molecule has 0 saturated heterocycles. The molecule has 0 bridgehead atoms. The molecule has 0 radical (unpaired) electrons. The number of furan rings is 1. The number of oxime groups is 1. The lowest BCUT2D eigenvalue weighted by Crippen LogP contribution is -2.06. The predicted molar refractivity (Wildman–Crippen MR) is 42.4 cm³/mol. The smallest absolute Gasteiger partial charge is 0.195 e.